The zero-order valence-electron chi connectivity index (χ0n) is 16.1. The van der Waals surface area contributed by atoms with Crippen molar-refractivity contribution in [1.82, 2.24) is 20.1 Å². The zero-order valence-corrected chi connectivity index (χ0v) is 16.1. The lowest BCUT2D eigenvalue weighted by molar-refractivity contribution is 0.0851. The van der Waals surface area contributed by atoms with Crippen LogP contribution in [0.25, 0.3) is 10.9 Å². The van der Waals surface area contributed by atoms with Gasteiger partial charge in [0.15, 0.2) is 0 Å². The van der Waals surface area contributed by atoms with E-state index in [1.807, 2.05) is 24.3 Å². The molecule has 0 aliphatic carbocycles. The molecule has 6 heteroatoms. The van der Waals surface area contributed by atoms with E-state index in [4.69, 9.17) is 4.74 Å². The Hall–Kier alpha value is -2.18. The molecule has 140 valence electrons. The summed E-state index contributed by atoms with van der Waals surface area (Å²) in [5.74, 6) is 0.353. The van der Waals surface area contributed by atoms with E-state index in [1.165, 1.54) is 0 Å². The molecule has 0 spiro atoms. The first-order chi connectivity index (χ1) is 12.4. The van der Waals surface area contributed by atoms with Crippen molar-refractivity contribution in [3.05, 3.63) is 35.9 Å². The maximum atomic E-state index is 13.0. The molecule has 2 heterocycles. The molecule has 3 rings (SSSR count). The molecule has 6 nitrogen and oxygen atoms in total. The second kappa shape index (κ2) is 7.60. The second-order valence-corrected chi connectivity index (χ2v) is 7.65. The summed E-state index contributed by atoms with van der Waals surface area (Å²) in [5, 5.41) is 4.03. The quantitative estimate of drug-likeness (QED) is 0.888. The van der Waals surface area contributed by atoms with Gasteiger partial charge in [0.1, 0.15) is 0 Å². The van der Waals surface area contributed by atoms with Crippen LogP contribution in [0.15, 0.2) is 30.3 Å². The van der Waals surface area contributed by atoms with Crippen molar-refractivity contribution in [2.75, 3.05) is 46.9 Å². The molecular weight excluding hydrogens is 328 g/mol. The highest BCUT2D eigenvalue weighted by molar-refractivity contribution is 6.06. The Morgan fingerprint density at radius 2 is 1.92 bits per heavy atom. The lowest BCUT2D eigenvalue weighted by atomic mass is 10.0. The maximum absolute atomic E-state index is 13.0. The maximum Gasteiger partial charge on any atom is 0.252 e. The molecule has 0 unspecified atom stereocenters. The lowest BCUT2D eigenvalue weighted by Gasteiger charge is -2.38. The summed E-state index contributed by atoms with van der Waals surface area (Å²) in [6.45, 7) is 9.16. The van der Waals surface area contributed by atoms with Crippen LogP contribution in [0, 0.1) is 0 Å². The summed E-state index contributed by atoms with van der Waals surface area (Å²) >= 11 is 0. The Balaban J connectivity index is 1.77. The monoisotopic (exact) mass is 356 g/mol. The highest BCUT2D eigenvalue weighted by Gasteiger charge is 2.27. The highest BCUT2D eigenvalue weighted by Crippen LogP contribution is 2.22. The fourth-order valence-electron chi connectivity index (χ4n) is 3.42. The molecular formula is C20H28N4O2. The van der Waals surface area contributed by atoms with Crippen molar-refractivity contribution >= 4 is 16.8 Å². The van der Waals surface area contributed by atoms with E-state index in [1.54, 1.807) is 13.2 Å². The van der Waals surface area contributed by atoms with Crippen molar-refractivity contribution in [2.45, 2.75) is 19.4 Å². The molecule has 1 aromatic heterocycles. The van der Waals surface area contributed by atoms with Crippen molar-refractivity contribution in [2.24, 2.45) is 0 Å². The van der Waals surface area contributed by atoms with Crippen LogP contribution in [0.2, 0.25) is 0 Å². The highest BCUT2D eigenvalue weighted by atomic mass is 16.5. The van der Waals surface area contributed by atoms with Crippen molar-refractivity contribution in [3.63, 3.8) is 0 Å². The Bertz CT molecular complexity index is 782. The first-order valence-electron chi connectivity index (χ1n) is 9.05. The normalized spacial score (nSPS) is 16.6. The van der Waals surface area contributed by atoms with E-state index in [2.05, 4.69) is 41.0 Å². The van der Waals surface area contributed by atoms with Gasteiger partial charge in [-0.1, -0.05) is 18.2 Å². The summed E-state index contributed by atoms with van der Waals surface area (Å²) in [7, 11) is 3.71. The third kappa shape index (κ3) is 4.31. The summed E-state index contributed by atoms with van der Waals surface area (Å²) in [6, 6.07) is 9.36. The van der Waals surface area contributed by atoms with Crippen molar-refractivity contribution in [1.29, 1.82) is 0 Å². The van der Waals surface area contributed by atoms with Gasteiger partial charge in [-0.3, -0.25) is 9.69 Å². The minimum atomic E-state index is -0.329. The van der Waals surface area contributed by atoms with Crippen LogP contribution in [0.3, 0.4) is 0 Å². The Labute approximate surface area is 155 Å². The Morgan fingerprint density at radius 1 is 1.23 bits per heavy atom. The van der Waals surface area contributed by atoms with Crippen LogP contribution in [-0.2, 0) is 0 Å². The van der Waals surface area contributed by atoms with Crippen LogP contribution in [0.1, 0.15) is 24.2 Å². The van der Waals surface area contributed by atoms with Gasteiger partial charge < -0.3 is 15.0 Å². The summed E-state index contributed by atoms with van der Waals surface area (Å²) in [5.41, 5.74) is 1.03. The first-order valence-corrected chi connectivity index (χ1v) is 9.05. The smallest absolute Gasteiger partial charge is 0.252 e. The number of para-hydroxylation sites is 1. The number of piperazine rings is 1. The van der Waals surface area contributed by atoms with E-state index >= 15 is 0 Å². The number of methoxy groups -OCH3 is 1. The van der Waals surface area contributed by atoms with Gasteiger partial charge in [-0.15, -0.1) is 0 Å². The van der Waals surface area contributed by atoms with Crippen molar-refractivity contribution < 1.29 is 9.53 Å². The first kappa shape index (κ1) is 18.6. The molecule has 0 atom stereocenters. The topological polar surface area (TPSA) is 57.7 Å². The van der Waals surface area contributed by atoms with Gasteiger partial charge in [0, 0.05) is 49.7 Å². The molecule has 1 aliphatic rings. The number of benzene rings is 1. The number of amides is 1. The van der Waals surface area contributed by atoms with E-state index < -0.39 is 0 Å². The molecule has 0 radical (unpaired) electrons. The Morgan fingerprint density at radius 3 is 2.62 bits per heavy atom. The van der Waals surface area contributed by atoms with Crippen LogP contribution in [0.4, 0.5) is 0 Å². The fraction of sp³-hybridized carbons (Fsp3) is 0.500. The van der Waals surface area contributed by atoms with Crippen molar-refractivity contribution in [3.8, 4) is 5.88 Å². The standard InChI is InChI=1S/C20H28N4O2/c1-20(2,14-24-11-9-23(3)10-12-24)22-19(25)16-13-18(26-4)21-17-8-6-5-7-15(16)17/h5-8,13H,9-12,14H2,1-4H3,(H,22,25). The largest absolute Gasteiger partial charge is 0.481 e. The average Bonchev–Trinajstić information content (AvgIpc) is 2.62. The number of carbonyl (C=O) groups is 1. The average molecular weight is 356 g/mol. The second-order valence-electron chi connectivity index (χ2n) is 7.65. The number of fused-ring (bicyclic) bond motifs is 1. The number of likely N-dealkylation sites (N-methyl/N-ethyl adjacent to an activating group) is 1. The third-order valence-corrected chi connectivity index (χ3v) is 4.81. The summed E-state index contributed by atoms with van der Waals surface area (Å²) in [6.07, 6.45) is 0. The molecule has 1 aliphatic heterocycles. The van der Waals surface area contributed by atoms with Crippen LogP contribution in [-0.4, -0.2) is 73.1 Å². The van der Waals surface area contributed by atoms with E-state index in [9.17, 15) is 4.79 Å². The molecule has 1 N–H and O–H groups in total. The number of nitrogens with zero attached hydrogens (tertiary/aromatic N) is 3. The van der Waals surface area contributed by atoms with Crippen LogP contribution < -0.4 is 10.1 Å². The number of aromatic nitrogens is 1. The van der Waals surface area contributed by atoms with Gasteiger partial charge >= 0.3 is 0 Å². The van der Waals surface area contributed by atoms with Crippen LogP contribution >= 0.6 is 0 Å². The minimum Gasteiger partial charge on any atom is -0.481 e. The molecule has 0 saturated carbocycles. The predicted molar refractivity (Wildman–Crippen MR) is 104 cm³/mol. The number of hydrogen-bond donors (Lipinski definition) is 1. The predicted octanol–water partition coefficient (Wildman–Crippen LogP) is 2.00. The minimum absolute atomic E-state index is 0.0963. The number of hydrogen-bond acceptors (Lipinski definition) is 5. The molecule has 1 saturated heterocycles. The number of pyridine rings is 1. The SMILES string of the molecule is COc1cc(C(=O)NC(C)(C)CN2CCN(C)CC2)c2ccccc2n1. The Kier molecular flexibility index (Phi) is 5.44. The molecule has 0 bridgehead atoms. The number of ether oxygens (including phenoxy) is 1. The number of rotatable bonds is 5. The number of carbonyl (C=O) groups excluding carboxylic acids is 1. The number of nitrogens with one attached hydrogen (secondary N) is 1. The zero-order chi connectivity index (χ0) is 18.7. The molecule has 26 heavy (non-hydrogen) atoms. The van der Waals surface area contributed by atoms with Crippen LogP contribution in [0.5, 0.6) is 5.88 Å². The van der Waals surface area contributed by atoms with Gasteiger partial charge in [0.25, 0.3) is 5.91 Å². The summed E-state index contributed by atoms with van der Waals surface area (Å²) in [4.78, 5) is 22.2. The fourth-order valence-corrected chi connectivity index (χ4v) is 3.42. The molecule has 2 aromatic rings. The van der Waals surface area contributed by atoms with E-state index in [0.29, 0.717) is 11.4 Å². The van der Waals surface area contributed by atoms with Gasteiger partial charge in [-0.05, 0) is 27.0 Å². The summed E-state index contributed by atoms with van der Waals surface area (Å²) < 4.78 is 5.27. The molecule has 1 amide bonds. The molecule has 1 fully saturated rings. The van der Waals surface area contributed by atoms with Gasteiger partial charge in [0.2, 0.25) is 5.88 Å². The molecule has 1 aromatic carbocycles. The van der Waals surface area contributed by atoms with E-state index in [-0.39, 0.29) is 11.4 Å². The van der Waals surface area contributed by atoms with Gasteiger partial charge in [0.05, 0.1) is 18.2 Å². The van der Waals surface area contributed by atoms with Gasteiger partial charge in [-0.2, -0.15) is 0 Å². The lowest BCUT2D eigenvalue weighted by Crippen LogP contribution is -2.55. The van der Waals surface area contributed by atoms with E-state index in [0.717, 1.165) is 43.6 Å². The van der Waals surface area contributed by atoms with Gasteiger partial charge in [-0.25, -0.2) is 4.98 Å². The third-order valence-electron chi connectivity index (χ3n) is 4.81.